The Kier molecular flexibility index (Phi) is 4.99. The minimum atomic E-state index is -1.75. The highest BCUT2D eigenvalue weighted by Crippen LogP contribution is 2.49. The van der Waals surface area contributed by atoms with Crippen molar-refractivity contribution in [3.8, 4) is 11.1 Å². The summed E-state index contributed by atoms with van der Waals surface area (Å²) in [6, 6.07) is 6.67. The minimum absolute atomic E-state index is 0.0768. The van der Waals surface area contributed by atoms with Crippen LogP contribution < -0.4 is 11.5 Å². The first-order chi connectivity index (χ1) is 9.64. The van der Waals surface area contributed by atoms with Crippen LogP contribution in [0.15, 0.2) is 24.3 Å². The van der Waals surface area contributed by atoms with Gasteiger partial charge in [0.25, 0.3) is 0 Å². The summed E-state index contributed by atoms with van der Waals surface area (Å²) in [6.07, 6.45) is 0. The van der Waals surface area contributed by atoms with Crippen LogP contribution in [0.1, 0.15) is 5.56 Å². The second-order valence-electron chi connectivity index (χ2n) is 4.22. The third-order valence-electron chi connectivity index (χ3n) is 2.88. The number of halogens is 6. The normalized spacial score (nSPS) is 11.7. The van der Waals surface area contributed by atoms with Gasteiger partial charge in [0.15, 0.2) is 0 Å². The van der Waals surface area contributed by atoms with Crippen LogP contribution in [-0.4, -0.2) is 0 Å². The van der Waals surface area contributed by atoms with Crippen molar-refractivity contribution < 1.29 is 0 Å². The standard InChI is InChI=1S/C13H8Cl6N2/c14-9-6(5-2-1-3-8(20)12(5)21)4-7(13(17,18)19)10(15)11(9)16/h1-4H,20-21H2. The van der Waals surface area contributed by atoms with Gasteiger partial charge in [0.1, 0.15) is 0 Å². The number of hydrogen-bond acceptors (Lipinski definition) is 2. The maximum absolute atomic E-state index is 6.24. The first-order valence-electron chi connectivity index (χ1n) is 5.53. The molecule has 8 heteroatoms. The fraction of sp³-hybridized carbons (Fsp3) is 0.0769. The van der Waals surface area contributed by atoms with E-state index in [0.717, 1.165) is 0 Å². The number of nitrogens with two attached hydrogens (primary N) is 2. The number of hydrogen-bond donors (Lipinski definition) is 2. The Balaban J connectivity index is 2.82. The molecular formula is C13H8Cl6N2. The molecule has 0 amide bonds. The van der Waals surface area contributed by atoms with Crippen LogP contribution in [0.2, 0.25) is 15.1 Å². The highest BCUT2D eigenvalue weighted by Gasteiger charge is 2.30. The van der Waals surface area contributed by atoms with Gasteiger partial charge < -0.3 is 11.5 Å². The lowest BCUT2D eigenvalue weighted by atomic mass is 10.0. The van der Waals surface area contributed by atoms with E-state index in [1.807, 2.05) is 0 Å². The summed E-state index contributed by atoms with van der Waals surface area (Å²) < 4.78 is -1.75. The zero-order valence-electron chi connectivity index (χ0n) is 10.2. The van der Waals surface area contributed by atoms with Gasteiger partial charge in [-0.05, 0) is 12.1 Å². The monoisotopic (exact) mass is 402 g/mol. The number of nitrogen functional groups attached to an aromatic ring is 2. The molecule has 21 heavy (non-hydrogen) atoms. The fourth-order valence-electron chi connectivity index (χ4n) is 1.82. The van der Waals surface area contributed by atoms with E-state index >= 15 is 0 Å². The maximum Gasteiger partial charge on any atom is 0.217 e. The van der Waals surface area contributed by atoms with Gasteiger partial charge >= 0.3 is 0 Å². The van der Waals surface area contributed by atoms with Gasteiger partial charge in [-0.2, -0.15) is 0 Å². The van der Waals surface area contributed by atoms with E-state index in [0.29, 0.717) is 22.5 Å². The lowest BCUT2D eigenvalue weighted by Gasteiger charge is -2.19. The molecule has 0 fully saturated rings. The number of alkyl halides is 3. The molecule has 112 valence electrons. The molecule has 2 nitrogen and oxygen atoms in total. The molecule has 0 aliphatic carbocycles. The molecule has 0 unspecified atom stereocenters. The third kappa shape index (κ3) is 3.26. The lowest BCUT2D eigenvalue weighted by molar-refractivity contribution is 1.24. The van der Waals surface area contributed by atoms with E-state index in [4.69, 9.17) is 81.1 Å². The van der Waals surface area contributed by atoms with Crippen molar-refractivity contribution in [3.05, 3.63) is 44.9 Å². The van der Waals surface area contributed by atoms with Gasteiger partial charge in [0.05, 0.1) is 26.4 Å². The van der Waals surface area contributed by atoms with Crippen LogP contribution in [0, 0.1) is 0 Å². The van der Waals surface area contributed by atoms with Gasteiger partial charge in [0, 0.05) is 16.7 Å². The molecule has 0 bridgehead atoms. The smallest absolute Gasteiger partial charge is 0.217 e. The largest absolute Gasteiger partial charge is 0.397 e. The van der Waals surface area contributed by atoms with Crippen molar-refractivity contribution in [2.24, 2.45) is 0 Å². The topological polar surface area (TPSA) is 52.0 Å². The molecule has 0 aliphatic heterocycles. The highest BCUT2D eigenvalue weighted by atomic mass is 35.6. The summed E-state index contributed by atoms with van der Waals surface area (Å²) in [7, 11) is 0. The lowest BCUT2D eigenvalue weighted by Crippen LogP contribution is -2.04. The number of para-hydroxylation sites is 1. The van der Waals surface area contributed by atoms with E-state index in [1.54, 1.807) is 18.2 Å². The van der Waals surface area contributed by atoms with Crippen molar-refractivity contribution in [2.45, 2.75) is 3.79 Å². The van der Waals surface area contributed by atoms with Crippen LogP contribution >= 0.6 is 69.6 Å². The Morgan fingerprint density at radius 1 is 0.810 bits per heavy atom. The molecule has 2 aromatic carbocycles. The average Bonchev–Trinajstić information content (AvgIpc) is 2.39. The van der Waals surface area contributed by atoms with Crippen LogP contribution in [-0.2, 0) is 3.79 Å². The SMILES string of the molecule is Nc1cccc(-c2cc(C(Cl)(Cl)Cl)c(Cl)c(Cl)c2Cl)c1N. The molecule has 4 N–H and O–H groups in total. The van der Waals surface area contributed by atoms with Gasteiger partial charge in [-0.25, -0.2) is 0 Å². The number of benzene rings is 2. The Labute approximate surface area is 151 Å². The summed E-state index contributed by atoms with van der Waals surface area (Å²) in [5.74, 6) is 0. The van der Waals surface area contributed by atoms with Crippen LogP contribution in [0.25, 0.3) is 11.1 Å². The van der Waals surface area contributed by atoms with Crippen LogP contribution in [0.3, 0.4) is 0 Å². The summed E-state index contributed by atoms with van der Waals surface area (Å²) in [5, 5.41) is 0.365. The Morgan fingerprint density at radius 2 is 1.43 bits per heavy atom. The van der Waals surface area contributed by atoms with Crippen molar-refractivity contribution in [2.75, 3.05) is 11.5 Å². The maximum atomic E-state index is 6.24. The predicted octanol–water partition coefficient (Wildman–Crippen LogP) is 6.30. The molecule has 2 rings (SSSR count). The van der Waals surface area contributed by atoms with Gasteiger partial charge in [0.2, 0.25) is 3.79 Å². The van der Waals surface area contributed by atoms with Gasteiger partial charge in [-0.1, -0.05) is 81.7 Å². The molecule has 0 radical (unpaired) electrons. The van der Waals surface area contributed by atoms with Crippen molar-refractivity contribution in [1.82, 2.24) is 0 Å². The molecule has 2 aromatic rings. The molecule has 0 saturated carbocycles. The Hall–Kier alpha value is -0.220. The molecule has 0 aromatic heterocycles. The third-order valence-corrected chi connectivity index (χ3v) is 4.85. The average molecular weight is 405 g/mol. The second-order valence-corrected chi connectivity index (χ2v) is 7.63. The molecular weight excluding hydrogens is 397 g/mol. The van der Waals surface area contributed by atoms with E-state index in [9.17, 15) is 0 Å². The zero-order valence-corrected chi connectivity index (χ0v) is 14.8. The Morgan fingerprint density at radius 3 is 2.00 bits per heavy atom. The Bertz CT molecular complexity index is 709. The van der Waals surface area contributed by atoms with Crippen molar-refractivity contribution in [3.63, 3.8) is 0 Å². The first kappa shape index (κ1) is 17.1. The summed E-state index contributed by atoms with van der Waals surface area (Å²) in [5.41, 5.74) is 13.8. The highest BCUT2D eigenvalue weighted by molar-refractivity contribution is 6.67. The first-order valence-corrected chi connectivity index (χ1v) is 7.80. The van der Waals surface area contributed by atoms with E-state index in [1.165, 1.54) is 6.07 Å². The molecule has 0 heterocycles. The molecule has 0 atom stereocenters. The summed E-state index contributed by atoms with van der Waals surface area (Å²) in [6.45, 7) is 0. The minimum Gasteiger partial charge on any atom is -0.397 e. The summed E-state index contributed by atoms with van der Waals surface area (Å²) in [4.78, 5) is 0. The summed E-state index contributed by atoms with van der Waals surface area (Å²) >= 11 is 36.2. The van der Waals surface area contributed by atoms with Gasteiger partial charge in [-0.3, -0.25) is 0 Å². The fourth-order valence-corrected chi connectivity index (χ4v) is 3.21. The predicted molar refractivity (Wildman–Crippen MR) is 95.0 cm³/mol. The van der Waals surface area contributed by atoms with Crippen LogP contribution in [0.4, 0.5) is 11.4 Å². The second kappa shape index (κ2) is 6.11. The quantitative estimate of drug-likeness (QED) is 0.332. The van der Waals surface area contributed by atoms with Crippen molar-refractivity contribution >= 4 is 81.0 Å². The number of rotatable bonds is 1. The molecule has 0 spiro atoms. The molecule has 0 saturated heterocycles. The number of anilines is 2. The van der Waals surface area contributed by atoms with E-state index < -0.39 is 3.79 Å². The van der Waals surface area contributed by atoms with E-state index in [2.05, 4.69) is 0 Å². The zero-order chi connectivity index (χ0) is 15.9. The van der Waals surface area contributed by atoms with Gasteiger partial charge in [-0.15, -0.1) is 0 Å². The van der Waals surface area contributed by atoms with Crippen LogP contribution in [0.5, 0.6) is 0 Å². The molecule has 0 aliphatic rings. The van der Waals surface area contributed by atoms with Crippen molar-refractivity contribution in [1.29, 1.82) is 0 Å². The van der Waals surface area contributed by atoms with E-state index in [-0.39, 0.29) is 20.6 Å².